The number of aromatic nitrogens is 2. The van der Waals surface area contributed by atoms with Gasteiger partial charge in [0, 0.05) is 17.5 Å². The van der Waals surface area contributed by atoms with E-state index in [1.54, 1.807) is 0 Å². The quantitative estimate of drug-likeness (QED) is 0.405. The van der Waals surface area contributed by atoms with Crippen molar-refractivity contribution < 1.29 is 9.53 Å². The Bertz CT molecular complexity index is 1200. The number of carbonyl (C=O) groups is 1. The zero-order valence-electron chi connectivity index (χ0n) is 18.6. The summed E-state index contributed by atoms with van der Waals surface area (Å²) in [4.78, 5) is 19.9. The van der Waals surface area contributed by atoms with E-state index in [9.17, 15) is 4.79 Å². The monoisotopic (exact) mass is 415 g/mol. The Morgan fingerprint density at radius 2 is 1.61 bits per heavy atom. The normalized spacial score (nSPS) is 11.5. The molecule has 0 aliphatic rings. The van der Waals surface area contributed by atoms with Crippen LogP contribution < -0.4 is 4.74 Å². The van der Waals surface area contributed by atoms with Gasteiger partial charge in [-0.3, -0.25) is 4.79 Å². The molecule has 1 amide bonds. The van der Waals surface area contributed by atoms with Crippen molar-refractivity contribution in [2.75, 3.05) is 0 Å². The maximum atomic E-state index is 13.2. The highest BCUT2D eigenvalue weighted by molar-refractivity contribution is 5.88. The van der Waals surface area contributed by atoms with Gasteiger partial charge in [-0.25, -0.2) is 4.98 Å². The zero-order chi connectivity index (χ0) is 22.0. The summed E-state index contributed by atoms with van der Waals surface area (Å²) in [5.74, 6) is 1.64. The van der Waals surface area contributed by atoms with Crippen LogP contribution in [0.3, 0.4) is 0 Å². The number of benzene rings is 3. The highest BCUT2D eigenvalue weighted by Crippen LogP contribution is 2.26. The van der Waals surface area contributed by atoms with Crippen molar-refractivity contribution in [1.29, 1.82) is 0 Å². The average molecular weight is 416 g/mol. The summed E-state index contributed by atoms with van der Waals surface area (Å²) in [6.07, 6.45) is 0. The zero-order valence-corrected chi connectivity index (χ0v) is 18.6. The molecule has 160 valence electrons. The van der Waals surface area contributed by atoms with E-state index in [0.717, 1.165) is 33.4 Å². The molecule has 5 nitrogen and oxygen atoms in total. The summed E-state index contributed by atoms with van der Waals surface area (Å²) in [6, 6.07) is 22.4. The third-order valence-electron chi connectivity index (χ3n) is 5.53. The summed E-state index contributed by atoms with van der Waals surface area (Å²) in [6.45, 7) is 8.73. The largest absolute Gasteiger partial charge is 0.485 e. The van der Waals surface area contributed by atoms with Crippen LogP contribution in [-0.2, 0) is 17.9 Å². The molecule has 3 aromatic carbocycles. The van der Waals surface area contributed by atoms with Crippen LogP contribution in [0.25, 0.3) is 21.8 Å². The van der Waals surface area contributed by atoms with Crippen molar-refractivity contribution in [3.63, 3.8) is 0 Å². The topological polar surface area (TPSA) is 47.4 Å². The van der Waals surface area contributed by atoms with Crippen LogP contribution in [0.15, 0.2) is 66.7 Å². The molecule has 0 radical (unpaired) electrons. The Morgan fingerprint density at radius 3 is 2.39 bits per heavy atom. The molecule has 1 aromatic heterocycles. The number of fused-ring (bicyclic) bond motifs is 2. The van der Waals surface area contributed by atoms with Gasteiger partial charge in [0.05, 0.1) is 11.0 Å². The third kappa shape index (κ3) is 4.26. The number of carbonyl (C=O) groups excluding carboxylic acids is 1. The van der Waals surface area contributed by atoms with Crippen molar-refractivity contribution >= 4 is 27.7 Å². The number of nitrogens with zero attached hydrogens (tertiary/aromatic N) is 3. The fourth-order valence-electron chi connectivity index (χ4n) is 4.27. The summed E-state index contributed by atoms with van der Waals surface area (Å²) in [5, 5.41) is 2.20. The second kappa shape index (κ2) is 8.80. The highest BCUT2D eigenvalue weighted by Gasteiger charge is 2.22. The van der Waals surface area contributed by atoms with E-state index in [1.165, 1.54) is 0 Å². The molecule has 31 heavy (non-hydrogen) atoms. The molecule has 5 heteroatoms. The second-order valence-electron chi connectivity index (χ2n) is 8.36. The van der Waals surface area contributed by atoms with E-state index < -0.39 is 0 Å². The number of hydrogen-bond donors (Lipinski definition) is 0. The van der Waals surface area contributed by atoms with Crippen molar-refractivity contribution in [2.24, 2.45) is 0 Å². The SMILES string of the molecule is CC(C)N(C(=O)Cn1c(COc2cccc3ccccc23)nc2ccccc21)C(C)C. The molecule has 0 aliphatic carbocycles. The molecule has 1 heterocycles. The van der Waals surface area contributed by atoms with E-state index in [2.05, 4.69) is 45.9 Å². The first-order valence-corrected chi connectivity index (χ1v) is 10.8. The lowest BCUT2D eigenvalue weighted by molar-refractivity contribution is -0.135. The summed E-state index contributed by atoms with van der Waals surface area (Å²) >= 11 is 0. The van der Waals surface area contributed by atoms with Crippen molar-refractivity contribution in [3.05, 3.63) is 72.6 Å². The van der Waals surface area contributed by atoms with E-state index >= 15 is 0 Å². The van der Waals surface area contributed by atoms with Gasteiger partial charge in [-0.2, -0.15) is 0 Å². The number of amides is 1. The van der Waals surface area contributed by atoms with Gasteiger partial charge in [0.2, 0.25) is 5.91 Å². The maximum absolute atomic E-state index is 13.2. The van der Waals surface area contributed by atoms with Crippen LogP contribution in [0.1, 0.15) is 33.5 Å². The first-order chi connectivity index (χ1) is 15.0. The summed E-state index contributed by atoms with van der Waals surface area (Å²) in [7, 11) is 0. The fourth-order valence-corrected chi connectivity index (χ4v) is 4.27. The molecule has 0 unspecified atom stereocenters. The van der Waals surface area contributed by atoms with E-state index in [4.69, 9.17) is 9.72 Å². The first kappa shape index (κ1) is 20.9. The number of ether oxygens (including phenoxy) is 1. The molecular formula is C26H29N3O2. The van der Waals surface area contributed by atoms with E-state index in [0.29, 0.717) is 6.61 Å². The molecule has 4 rings (SSSR count). The lowest BCUT2D eigenvalue weighted by Crippen LogP contribution is -2.43. The molecule has 0 fully saturated rings. The van der Waals surface area contributed by atoms with Gasteiger partial charge in [0.15, 0.2) is 0 Å². The van der Waals surface area contributed by atoms with Gasteiger partial charge in [0.1, 0.15) is 24.7 Å². The predicted octanol–water partition coefficient (Wildman–Crippen LogP) is 5.41. The van der Waals surface area contributed by atoms with E-state index in [1.807, 2.05) is 58.0 Å². The smallest absolute Gasteiger partial charge is 0.243 e. The van der Waals surface area contributed by atoms with Gasteiger partial charge >= 0.3 is 0 Å². The van der Waals surface area contributed by atoms with Crippen LogP contribution >= 0.6 is 0 Å². The fraction of sp³-hybridized carbons (Fsp3) is 0.308. The second-order valence-corrected chi connectivity index (χ2v) is 8.36. The number of para-hydroxylation sites is 2. The number of hydrogen-bond acceptors (Lipinski definition) is 3. The molecule has 0 N–H and O–H groups in total. The molecule has 4 aromatic rings. The maximum Gasteiger partial charge on any atom is 0.243 e. The van der Waals surface area contributed by atoms with Gasteiger partial charge < -0.3 is 14.2 Å². The number of imidazole rings is 1. The van der Waals surface area contributed by atoms with Crippen molar-refractivity contribution in [3.8, 4) is 5.75 Å². The highest BCUT2D eigenvalue weighted by atomic mass is 16.5. The van der Waals surface area contributed by atoms with Gasteiger partial charge in [0.25, 0.3) is 0 Å². The van der Waals surface area contributed by atoms with Crippen LogP contribution in [0.5, 0.6) is 5.75 Å². The Balaban J connectivity index is 1.66. The van der Waals surface area contributed by atoms with Gasteiger partial charge in [-0.15, -0.1) is 0 Å². The lowest BCUT2D eigenvalue weighted by Gasteiger charge is -2.31. The molecule has 0 spiro atoms. The Morgan fingerprint density at radius 1 is 0.935 bits per heavy atom. The molecule has 0 saturated carbocycles. The molecule has 0 aliphatic heterocycles. The van der Waals surface area contributed by atoms with Crippen molar-refractivity contribution in [1.82, 2.24) is 14.5 Å². The van der Waals surface area contributed by atoms with Crippen LogP contribution in [0.4, 0.5) is 0 Å². The predicted molar refractivity (Wildman–Crippen MR) is 125 cm³/mol. The molecule has 0 atom stereocenters. The van der Waals surface area contributed by atoms with Gasteiger partial charge in [-0.1, -0.05) is 48.5 Å². The van der Waals surface area contributed by atoms with Crippen molar-refractivity contribution in [2.45, 2.75) is 52.9 Å². The molecular weight excluding hydrogens is 386 g/mol. The van der Waals surface area contributed by atoms with Gasteiger partial charge in [-0.05, 0) is 51.3 Å². The Kier molecular flexibility index (Phi) is 5.94. The minimum absolute atomic E-state index is 0.0829. The molecule has 0 bridgehead atoms. The van der Waals surface area contributed by atoms with E-state index in [-0.39, 0.29) is 24.5 Å². The minimum atomic E-state index is 0.0829. The standard InChI is InChI=1S/C26H29N3O2/c1-18(2)29(19(3)4)26(30)16-28-23-14-8-7-13-22(23)27-25(28)17-31-24-15-9-11-20-10-5-6-12-21(20)24/h5-15,18-19H,16-17H2,1-4H3. The average Bonchev–Trinajstić information content (AvgIpc) is 3.09. The summed E-state index contributed by atoms with van der Waals surface area (Å²) < 4.78 is 8.19. The third-order valence-corrected chi connectivity index (χ3v) is 5.53. The van der Waals surface area contributed by atoms with Crippen LogP contribution in [0, 0.1) is 0 Å². The lowest BCUT2D eigenvalue weighted by atomic mass is 10.1. The Hall–Kier alpha value is -3.34. The number of rotatable bonds is 7. The summed E-state index contributed by atoms with van der Waals surface area (Å²) in [5.41, 5.74) is 1.81. The first-order valence-electron chi connectivity index (χ1n) is 10.8. The van der Waals surface area contributed by atoms with Crippen LogP contribution in [0.2, 0.25) is 0 Å². The van der Waals surface area contributed by atoms with Crippen LogP contribution in [-0.4, -0.2) is 32.4 Å². The minimum Gasteiger partial charge on any atom is -0.485 e. The molecule has 0 saturated heterocycles. The Labute approximate surface area is 183 Å².